The number of hydrogen-bond donors (Lipinski definition) is 3. The van der Waals surface area contributed by atoms with Gasteiger partial charge < -0.3 is 24.7 Å². The maximum atomic E-state index is 11.5. The zero-order chi connectivity index (χ0) is 25.2. The lowest BCUT2D eigenvalue weighted by Crippen LogP contribution is -2.36. The summed E-state index contributed by atoms with van der Waals surface area (Å²) in [7, 11) is 1.82. The van der Waals surface area contributed by atoms with E-state index in [-0.39, 0.29) is 11.4 Å². The third-order valence-corrected chi connectivity index (χ3v) is 6.68. The number of ether oxygens (including phenoxy) is 1. The van der Waals surface area contributed by atoms with Crippen LogP contribution in [0.2, 0.25) is 0 Å². The van der Waals surface area contributed by atoms with Gasteiger partial charge in [0.15, 0.2) is 11.6 Å². The van der Waals surface area contributed by atoms with Gasteiger partial charge in [-0.05, 0) is 11.0 Å². The fourth-order valence-electron chi connectivity index (χ4n) is 3.78. The van der Waals surface area contributed by atoms with E-state index in [9.17, 15) is 14.9 Å². The zero-order valence-electron chi connectivity index (χ0n) is 19.0. The maximum Gasteiger partial charge on any atom is 0.321 e. The lowest BCUT2D eigenvalue weighted by molar-refractivity contribution is -0.389. The van der Waals surface area contributed by atoms with Gasteiger partial charge in [-0.3, -0.25) is 10.0 Å². The molecule has 3 N–H and O–H groups in total. The fraction of sp³-hybridized carbons (Fsp3) is 0.286. The van der Waals surface area contributed by atoms with Gasteiger partial charge in [0.2, 0.25) is 5.95 Å². The Bertz CT molecular complexity index is 1420. The quantitative estimate of drug-likeness (QED) is 0.188. The van der Waals surface area contributed by atoms with Crippen molar-refractivity contribution in [3.63, 3.8) is 0 Å². The molecule has 15 heteroatoms. The third kappa shape index (κ3) is 4.66. The Morgan fingerprint density at radius 1 is 1.31 bits per heavy atom. The van der Waals surface area contributed by atoms with Gasteiger partial charge in [-0.2, -0.15) is 0 Å². The Morgan fingerprint density at radius 2 is 2.06 bits per heavy atom. The highest BCUT2D eigenvalue weighted by molar-refractivity contribution is 7.19. The first-order valence-electron chi connectivity index (χ1n) is 10.9. The lowest BCUT2D eigenvalue weighted by Gasteiger charge is -2.28. The van der Waals surface area contributed by atoms with E-state index in [1.54, 1.807) is 16.8 Å². The second kappa shape index (κ2) is 9.80. The summed E-state index contributed by atoms with van der Waals surface area (Å²) in [4.78, 5) is 47.6. The van der Waals surface area contributed by atoms with Crippen molar-refractivity contribution in [3.8, 4) is 11.4 Å². The molecule has 0 aromatic carbocycles. The molecule has 0 aliphatic carbocycles. The van der Waals surface area contributed by atoms with Gasteiger partial charge in [0.05, 0.1) is 47.3 Å². The molecule has 0 saturated carbocycles. The molecular weight excluding hydrogens is 490 g/mol. The number of rotatable bonds is 7. The van der Waals surface area contributed by atoms with Crippen LogP contribution in [0.3, 0.4) is 0 Å². The van der Waals surface area contributed by atoms with E-state index in [0.717, 1.165) is 20.9 Å². The molecule has 0 spiro atoms. The number of thiophene rings is 1. The van der Waals surface area contributed by atoms with Crippen molar-refractivity contribution in [1.82, 2.24) is 30.4 Å². The molecule has 1 aliphatic heterocycles. The van der Waals surface area contributed by atoms with E-state index in [2.05, 4.69) is 19.9 Å². The fourth-order valence-corrected chi connectivity index (χ4v) is 4.95. The van der Waals surface area contributed by atoms with Gasteiger partial charge in [0.1, 0.15) is 0 Å². The smallest absolute Gasteiger partial charge is 0.321 e. The van der Waals surface area contributed by atoms with E-state index in [1.165, 1.54) is 24.7 Å². The van der Waals surface area contributed by atoms with Crippen molar-refractivity contribution in [3.05, 3.63) is 51.3 Å². The van der Waals surface area contributed by atoms with Gasteiger partial charge in [0, 0.05) is 43.5 Å². The Hall–Kier alpha value is -4.21. The summed E-state index contributed by atoms with van der Waals surface area (Å²) in [6, 6.07) is 3.38. The first kappa shape index (κ1) is 23.5. The molecule has 0 atom stereocenters. The number of hydrogen-bond acceptors (Lipinski definition) is 12. The molecule has 5 rings (SSSR count). The summed E-state index contributed by atoms with van der Waals surface area (Å²) in [5.74, 6) is 0.744. The maximum absolute atomic E-state index is 11.5. The lowest BCUT2D eigenvalue weighted by atomic mass is 10.3. The average molecular weight is 512 g/mol. The highest BCUT2D eigenvalue weighted by Crippen LogP contribution is 2.35. The van der Waals surface area contributed by atoms with Crippen molar-refractivity contribution in [2.45, 2.75) is 6.54 Å². The molecule has 186 valence electrons. The summed E-state index contributed by atoms with van der Waals surface area (Å²) in [6.45, 7) is 2.99. The molecule has 4 aromatic rings. The minimum Gasteiger partial charge on any atom is -0.378 e. The molecule has 4 aromatic heterocycles. The molecule has 0 unspecified atom stereocenters. The molecule has 1 fully saturated rings. The van der Waals surface area contributed by atoms with E-state index in [0.29, 0.717) is 50.2 Å². The van der Waals surface area contributed by atoms with Gasteiger partial charge in [-0.25, -0.2) is 30.4 Å². The highest BCUT2D eigenvalue weighted by atomic mass is 32.1. The highest BCUT2D eigenvalue weighted by Gasteiger charge is 2.22. The largest absolute Gasteiger partial charge is 0.378 e. The summed E-state index contributed by atoms with van der Waals surface area (Å²) >= 11 is 1.55. The summed E-state index contributed by atoms with van der Waals surface area (Å²) < 4.78 is 6.40. The summed E-state index contributed by atoms with van der Waals surface area (Å²) in [5.41, 5.74) is 2.95. The van der Waals surface area contributed by atoms with Crippen LogP contribution in [0, 0.1) is 10.1 Å². The number of nitro groups is 1. The van der Waals surface area contributed by atoms with Crippen LogP contribution in [0.4, 0.5) is 17.6 Å². The molecule has 14 nitrogen and oxygen atoms in total. The van der Waals surface area contributed by atoms with E-state index >= 15 is 0 Å². The van der Waals surface area contributed by atoms with Crippen LogP contribution in [0.15, 0.2) is 30.7 Å². The van der Waals surface area contributed by atoms with Crippen molar-refractivity contribution in [2.24, 2.45) is 0 Å². The standard InChI is InChI=1S/C21H21N9O5S/c1-28(21-23-9-13(10-24-21)20(31)27-32)11-14-7-15-17(36-14)19(29-2-4-35-5-3-29)26-18(25-15)12-6-16(22-8-12)30(33)34/h6-10,22,32H,2-5,11H2,1H3,(H,27,31). The number of carbonyl (C=O) groups excluding carboxylic acids is 1. The Morgan fingerprint density at radius 3 is 2.72 bits per heavy atom. The number of fused-ring (bicyclic) bond motifs is 1. The van der Waals surface area contributed by atoms with E-state index < -0.39 is 10.8 Å². The van der Waals surface area contributed by atoms with Crippen LogP contribution in [0.1, 0.15) is 15.2 Å². The summed E-state index contributed by atoms with van der Waals surface area (Å²) in [6.07, 6.45) is 4.20. The number of amides is 1. The first-order valence-corrected chi connectivity index (χ1v) is 11.7. The molecule has 5 heterocycles. The zero-order valence-corrected chi connectivity index (χ0v) is 19.9. The van der Waals surface area contributed by atoms with Crippen LogP contribution in [-0.4, -0.2) is 74.3 Å². The number of aromatic amines is 1. The van der Waals surface area contributed by atoms with Crippen molar-refractivity contribution >= 4 is 45.0 Å². The number of nitrogens with zero attached hydrogens (tertiary/aromatic N) is 7. The predicted molar refractivity (Wildman–Crippen MR) is 130 cm³/mol. The topological polar surface area (TPSA) is 176 Å². The number of H-pyrrole nitrogens is 1. The first-order chi connectivity index (χ1) is 17.4. The monoisotopic (exact) mass is 511 g/mol. The summed E-state index contributed by atoms with van der Waals surface area (Å²) in [5, 5.41) is 19.9. The number of aromatic nitrogens is 5. The van der Waals surface area contributed by atoms with Crippen LogP contribution < -0.4 is 15.3 Å². The van der Waals surface area contributed by atoms with Crippen LogP contribution in [0.25, 0.3) is 21.6 Å². The molecular formula is C21H21N9O5S. The van der Waals surface area contributed by atoms with Crippen molar-refractivity contribution in [1.29, 1.82) is 0 Å². The predicted octanol–water partition coefficient (Wildman–Crippen LogP) is 1.98. The number of carbonyl (C=O) groups is 1. The van der Waals surface area contributed by atoms with E-state index in [1.807, 2.05) is 18.0 Å². The van der Waals surface area contributed by atoms with Gasteiger partial charge >= 0.3 is 5.82 Å². The minimum absolute atomic E-state index is 0.128. The molecule has 0 bridgehead atoms. The van der Waals surface area contributed by atoms with E-state index in [4.69, 9.17) is 19.9 Å². The Labute approximate surface area is 207 Å². The third-order valence-electron chi connectivity index (χ3n) is 5.57. The van der Waals surface area contributed by atoms with Crippen LogP contribution >= 0.6 is 11.3 Å². The SMILES string of the molecule is CN(Cc1cc2nc(-c3c[nH]c([N+](=O)[O-])c3)nc(N3CCOCC3)c2s1)c1ncc(C(=O)NO)cn1. The van der Waals surface area contributed by atoms with Gasteiger partial charge in [-0.15, -0.1) is 11.3 Å². The molecule has 0 radical (unpaired) electrons. The molecule has 1 amide bonds. The molecule has 1 aliphatic rings. The Balaban J connectivity index is 1.48. The minimum atomic E-state index is -0.688. The number of hydroxylamine groups is 1. The second-order valence-electron chi connectivity index (χ2n) is 8.00. The average Bonchev–Trinajstić information content (AvgIpc) is 3.55. The van der Waals surface area contributed by atoms with Gasteiger partial charge in [-0.1, -0.05) is 0 Å². The number of nitrogens with one attached hydrogen (secondary N) is 2. The molecule has 36 heavy (non-hydrogen) atoms. The molecule has 1 saturated heterocycles. The normalized spacial score (nSPS) is 13.7. The number of morpholine rings is 1. The van der Waals surface area contributed by atoms with Gasteiger partial charge in [0.25, 0.3) is 5.91 Å². The Kier molecular flexibility index (Phi) is 6.41. The second-order valence-corrected chi connectivity index (χ2v) is 9.13. The van der Waals surface area contributed by atoms with Crippen molar-refractivity contribution in [2.75, 3.05) is 43.2 Å². The van der Waals surface area contributed by atoms with Crippen LogP contribution in [-0.2, 0) is 11.3 Å². The van der Waals surface area contributed by atoms with Crippen LogP contribution in [0.5, 0.6) is 0 Å². The van der Waals surface area contributed by atoms with Crippen molar-refractivity contribution < 1.29 is 19.7 Å². The number of anilines is 2.